The predicted molar refractivity (Wildman–Crippen MR) is 73.6 cm³/mol. The van der Waals surface area contributed by atoms with E-state index in [0.717, 1.165) is 6.42 Å². The van der Waals surface area contributed by atoms with E-state index >= 15 is 0 Å². The first-order chi connectivity index (χ1) is 9.71. The smallest absolute Gasteiger partial charge is 0.266 e. The van der Waals surface area contributed by atoms with Crippen molar-refractivity contribution in [1.29, 1.82) is 5.26 Å². The summed E-state index contributed by atoms with van der Waals surface area (Å²) >= 11 is 0. The molecule has 1 amide bonds. The summed E-state index contributed by atoms with van der Waals surface area (Å²) in [5.74, 6) is -0.507. The summed E-state index contributed by atoms with van der Waals surface area (Å²) in [7, 11) is 0. The monoisotopic (exact) mass is 285 g/mol. The van der Waals surface area contributed by atoms with Gasteiger partial charge in [-0.1, -0.05) is 0 Å². The molecule has 0 fully saturated rings. The van der Waals surface area contributed by atoms with Crippen molar-refractivity contribution in [3.8, 4) is 6.07 Å². The highest BCUT2D eigenvalue weighted by Gasteiger charge is 2.17. The molecule has 3 N–H and O–H groups in total. The Hall–Kier alpha value is -1.62. The molecule has 0 heterocycles. The predicted octanol–water partition coefficient (Wildman–Crippen LogP) is -0.777. The summed E-state index contributed by atoms with van der Waals surface area (Å²) in [6.07, 6.45) is 2.13. The number of carbonyl (C=O) groups is 1. The average Bonchev–Trinajstić information content (AvgIpc) is 2.46. The van der Waals surface area contributed by atoms with Crippen molar-refractivity contribution in [1.82, 2.24) is 10.2 Å². The molecule has 0 saturated carbocycles. The number of hydrogen-bond acceptors (Lipinski definition) is 6. The first-order valence-electron chi connectivity index (χ1n) is 6.63. The van der Waals surface area contributed by atoms with Crippen molar-refractivity contribution in [3.05, 3.63) is 11.8 Å². The number of ether oxygens (including phenoxy) is 1. The fraction of sp³-hybridized carbons (Fsp3) is 0.692. The molecule has 114 valence electrons. The maximum Gasteiger partial charge on any atom is 0.266 e. The molecule has 0 aliphatic heterocycles. The number of carbonyl (C=O) groups excluding carboxylic acids is 1. The number of aliphatic hydroxyl groups is 2. The lowest BCUT2D eigenvalue weighted by Gasteiger charge is -2.20. The highest BCUT2D eigenvalue weighted by atomic mass is 16.5. The van der Waals surface area contributed by atoms with Crippen LogP contribution in [0.25, 0.3) is 0 Å². The molecule has 0 bridgehead atoms. The Morgan fingerprint density at radius 3 is 2.55 bits per heavy atom. The van der Waals surface area contributed by atoms with Crippen molar-refractivity contribution in [2.45, 2.75) is 13.3 Å². The lowest BCUT2D eigenvalue weighted by atomic mass is 10.2. The van der Waals surface area contributed by atoms with Crippen LogP contribution in [0.4, 0.5) is 0 Å². The molecular formula is C13H23N3O4. The average molecular weight is 285 g/mol. The van der Waals surface area contributed by atoms with Crippen LogP contribution in [0.2, 0.25) is 0 Å². The minimum absolute atomic E-state index is 0.0525. The molecule has 20 heavy (non-hydrogen) atoms. The molecule has 0 rings (SSSR count). The van der Waals surface area contributed by atoms with Crippen molar-refractivity contribution in [2.24, 2.45) is 0 Å². The number of aliphatic hydroxyl groups excluding tert-OH is 2. The van der Waals surface area contributed by atoms with Gasteiger partial charge in [0.2, 0.25) is 0 Å². The van der Waals surface area contributed by atoms with Crippen LogP contribution in [0.3, 0.4) is 0 Å². The first kappa shape index (κ1) is 18.4. The van der Waals surface area contributed by atoms with Crippen molar-refractivity contribution < 1.29 is 19.7 Å². The fourth-order valence-electron chi connectivity index (χ4n) is 1.46. The second kappa shape index (κ2) is 12.4. The molecule has 0 saturated heterocycles. The number of hydrogen-bond donors (Lipinski definition) is 3. The van der Waals surface area contributed by atoms with Gasteiger partial charge in [0.15, 0.2) is 0 Å². The number of rotatable bonds is 11. The van der Waals surface area contributed by atoms with Gasteiger partial charge < -0.3 is 25.2 Å². The summed E-state index contributed by atoms with van der Waals surface area (Å²) in [6, 6.07) is 1.81. The molecule has 0 spiro atoms. The summed E-state index contributed by atoms with van der Waals surface area (Å²) in [4.78, 5) is 13.2. The molecule has 0 unspecified atom stereocenters. The maximum atomic E-state index is 12.0. The van der Waals surface area contributed by atoms with Crippen LogP contribution in [-0.4, -0.2) is 67.1 Å². The number of nitrogens with zero attached hydrogens (tertiary/aromatic N) is 2. The molecule has 0 radical (unpaired) electrons. The van der Waals surface area contributed by atoms with Gasteiger partial charge in [-0.2, -0.15) is 5.26 Å². The highest BCUT2D eigenvalue weighted by Crippen LogP contribution is 2.00. The first-order valence-corrected chi connectivity index (χ1v) is 6.63. The Morgan fingerprint density at radius 2 is 2.05 bits per heavy atom. The standard InChI is InChI=1S/C13H23N3O4/c1-2-20-9-3-4-15-11-12(10-14)13(19)16(5-7-17)6-8-18/h11,15,17-18H,2-9H2,1H3/b12-11-. The van der Waals surface area contributed by atoms with Gasteiger partial charge >= 0.3 is 0 Å². The minimum Gasteiger partial charge on any atom is -0.395 e. The van der Waals surface area contributed by atoms with Crippen molar-refractivity contribution in [3.63, 3.8) is 0 Å². The molecule has 0 atom stereocenters. The second-order valence-electron chi connectivity index (χ2n) is 3.91. The molecule has 0 aromatic heterocycles. The van der Waals surface area contributed by atoms with Gasteiger partial charge in [0.05, 0.1) is 13.2 Å². The summed E-state index contributed by atoms with van der Waals surface area (Å²) in [6.45, 7) is 3.53. The third kappa shape index (κ3) is 7.74. The van der Waals surface area contributed by atoms with Crippen LogP contribution >= 0.6 is 0 Å². The molecule has 0 aromatic carbocycles. The van der Waals surface area contributed by atoms with Gasteiger partial charge in [0.25, 0.3) is 5.91 Å². The van der Waals surface area contributed by atoms with E-state index in [1.165, 1.54) is 11.1 Å². The summed E-state index contributed by atoms with van der Waals surface area (Å²) in [5, 5.41) is 29.6. The Morgan fingerprint density at radius 1 is 1.40 bits per heavy atom. The normalized spacial score (nSPS) is 11.0. The zero-order valence-electron chi connectivity index (χ0n) is 11.8. The molecule has 0 aliphatic carbocycles. The zero-order valence-corrected chi connectivity index (χ0v) is 11.8. The Labute approximate surface area is 119 Å². The van der Waals surface area contributed by atoms with E-state index in [-0.39, 0.29) is 31.9 Å². The fourth-order valence-corrected chi connectivity index (χ4v) is 1.46. The number of nitrogens with one attached hydrogen (secondary N) is 1. The third-order valence-electron chi connectivity index (χ3n) is 2.44. The maximum absolute atomic E-state index is 12.0. The molecule has 7 nitrogen and oxygen atoms in total. The van der Waals surface area contributed by atoms with Gasteiger partial charge in [-0.25, -0.2) is 0 Å². The largest absolute Gasteiger partial charge is 0.395 e. The SMILES string of the molecule is CCOCCCN/C=C(/C#N)C(=O)N(CCO)CCO. The topological polar surface area (TPSA) is 106 Å². The van der Waals surface area contributed by atoms with Crippen molar-refractivity contribution >= 4 is 5.91 Å². The third-order valence-corrected chi connectivity index (χ3v) is 2.44. The van der Waals surface area contributed by atoms with Gasteiger partial charge in [-0.15, -0.1) is 0 Å². The van der Waals surface area contributed by atoms with E-state index in [1.54, 1.807) is 0 Å². The van der Waals surface area contributed by atoms with Crippen molar-refractivity contribution in [2.75, 3.05) is 46.1 Å². The molecule has 0 aliphatic rings. The minimum atomic E-state index is -0.507. The second-order valence-corrected chi connectivity index (χ2v) is 3.91. The van der Waals surface area contributed by atoms with Crippen LogP contribution in [-0.2, 0) is 9.53 Å². The number of nitriles is 1. The van der Waals surface area contributed by atoms with E-state index in [9.17, 15) is 4.79 Å². The van der Waals surface area contributed by atoms with Gasteiger partial charge in [0.1, 0.15) is 11.6 Å². The van der Waals surface area contributed by atoms with E-state index in [1.807, 2.05) is 13.0 Å². The van der Waals surface area contributed by atoms with Crippen LogP contribution in [0.1, 0.15) is 13.3 Å². The molecule has 7 heteroatoms. The lowest BCUT2D eigenvalue weighted by Crippen LogP contribution is -2.37. The molecular weight excluding hydrogens is 262 g/mol. The van der Waals surface area contributed by atoms with Crippen LogP contribution in [0.5, 0.6) is 0 Å². The summed E-state index contributed by atoms with van der Waals surface area (Å²) in [5.41, 5.74) is -0.0525. The van der Waals surface area contributed by atoms with E-state index in [2.05, 4.69) is 5.32 Å². The van der Waals surface area contributed by atoms with E-state index in [0.29, 0.717) is 19.8 Å². The van der Waals surface area contributed by atoms with Crippen LogP contribution in [0.15, 0.2) is 11.8 Å². The zero-order chi connectivity index (χ0) is 15.2. The highest BCUT2D eigenvalue weighted by molar-refractivity contribution is 5.97. The van der Waals surface area contributed by atoms with E-state index in [4.69, 9.17) is 20.2 Å². The van der Waals surface area contributed by atoms with Gasteiger partial charge in [0, 0.05) is 39.0 Å². The van der Waals surface area contributed by atoms with Crippen LogP contribution in [0, 0.1) is 11.3 Å². The van der Waals surface area contributed by atoms with Crippen LogP contribution < -0.4 is 5.32 Å². The summed E-state index contributed by atoms with van der Waals surface area (Å²) < 4.78 is 5.16. The Balaban J connectivity index is 4.33. The molecule has 0 aromatic rings. The quantitative estimate of drug-likeness (QED) is 0.261. The Bertz CT molecular complexity index is 333. The Kier molecular flexibility index (Phi) is 11.4. The van der Waals surface area contributed by atoms with Gasteiger partial charge in [-0.3, -0.25) is 4.79 Å². The lowest BCUT2D eigenvalue weighted by molar-refractivity contribution is -0.127. The number of amides is 1. The van der Waals surface area contributed by atoms with E-state index < -0.39 is 5.91 Å². The van der Waals surface area contributed by atoms with Gasteiger partial charge in [-0.05, 0) is 13.3 Å².